The first-order chi connectivity index (χ1) is 8.47. The lowest BCUT2D eigenvalue weighted by molar-refractivity contribution is -0.140. The van der Waals surface area contributed by atoms with E-state index in [1.165, 1.54) is 0 Å². The lowest BCUT2D eigenvalue weighted by atomic mass is 10.1. The third-order valence-electron chi connectivity index (χ3n) is 2.43. The Hall–Kier alpha value is -1.56. The van der Waals surface area contributed by atoms with Crippen LogP contribution in [0.2, 0.25) is 0 Å². The Morgan fingerprint density at radius 1 is 1.22 bits per heavy atom. The molecule has 0 saturated carbocycles. The van der Waals surface area contributed by atoms with Crippen LogP contribution in [0.1, 0.15) is 24.2 Å². The minimum Gasteiger partial charge on any atom is -0.355 e. The van der Waals surface area contributed by atoms with Gasteiger partial charge in [-0.2, -0.15) is 13.2 Å². The Morgan fingerprint density at radius 2 is 1.89 bits per heavy atom. The van der Waals surface area contributed by atoms with E-state index in [1.807, 2.05) is 37.3 Å². The van der Waals surface area contributed by atoms with Crippen molar-refractivity contribution in [2.45, 2.75) is 19.1 Å². The van der Waals surface area contributed by atoms with Crippen LogP contribution in [-0.2, 0) is 6.18 Å². The first kappa shape index (κ1) is 12.9. The molecule has 1 aromatic carbocycles. The molecule has 96 valence electrons. The van der Waals surface area contributed by atoms with Gasteiger partial charge in [0.15, 0.2) is 10.8 Å². The molecule has 0 bridgehead atoms. The quantitative estimate of drug-likeness (QED) is 0.899. The second-order valence-electron chi connectivity index (χ2n) is 3.81. The standard InChI is InChI=1S/C12H11F3N2S/c1-8(9-5-3-2-4-6-9)16-11-17-10(7-18-11)12(13,14)15/h2-8H,1H3,(H,16,17). The van der Waals surface area contributed by atoms with Gasteiger partial charge in [0.2, 0.25) is 0 Å². The van der Waals surface area contributed by atoms with Gasteiger partial charge in [-0.05, 0) is 12.5 Å². The van der Waals surface area contributed by atoms with Crippen LogP contribution in [0.15, 0.2) is 35.7 Å². The van der Waals surface area contributed by atoms with Crippen LogP contribution < -0.4 is 5.32 Å². The average Bonchev–Trinajstić information content (AvgIpc) is 2.78. The number of aromatic nitrogens is 1. The average molecular weight is 272 g/mol. The fourth-order valence-corrected chi connectivity index (χ4v) is 2.29. The minimum absolute atomic E-state index is 0.0848. The van der Waals surface area contributed by atoms with Crippen molar-refractivity contribution in [2.75, 3.05) is 5.32 Å². The molecule has 1 atom stereocenters. The molecule has 0 amide bonds. The largest absolute Gasteiger partial charge is 0.434 e. The lowest BCUT2D eigenvalue weighted by Gasteiger charge is -2.12. The van der Waals surface area contributed by atoms with Gasteiger partial charge in [-0.1, -0.05) is 30.3 Å². The number of nitrogens with zero attached hydrogens (tertiary/aromatic N) is 1. The van der Waals surface area contributed by atoms with Gasteiger partial charge in [0, 0.05) is 5.38 Å². The summed E-state index contributed by atoms with van der Waals surface area (Å²) in [5.41, 5.74) is 0.150. The van der Waals surface area contributed by atoms with E-state index in [-0.39, 0.29) is 11.2 Å². The Labute approximate surface area is 106 Å². The van der Waals surface area contributed by atoms with Crippen LogP contribution in [-0.4, -0.2) is 4.98 Å². The molecule has 18 heavy (non-hydrogen) atoms. The molecule has 1 unspecified atom stereocenters. The number of hydrogen-bond acceptors (Lipinski definition) is 3. The summed E-state index contributed by atoms with van der Waals surface area (Å²) in [7, 11) is 0. The zero-order chi connectivity index (χ0) is 13.2. The number of rotatable bonds is 3. The summed E-state index contributed by atoms with van der Waals surface area (Å²) >= 11 is 0.957. The molecular formula is C12H11F3N2S. The molecule has 0 fully saturated rings. The lowest BCUT2D eigenvalue weighted by Crippen LogP contribution is -2.08. The van der Waals surface area contributed by atoms with Crippen LogP contribution in [0.25, 0.3) is 0 Å². The Bertz CT molecular complexity index is 508. The highest BCUT2D eigenvalue weighted by molar-refractivity contribution is 7.13. The number of anilines is 1. The fourth-order valence-electron chi connectivity index (χ4n) is 1.48. The van der Waals surface area contributed by atoms with Gasteiger partial charge >= 0.3 is 6.18 Å². The molecular weight excluding hydrogens is 261 g/mol. The van der Waals surface area contributed by atoms with Gasteiger partial charge in [0.05, 0.1) is 6.04 Å². The minimum atomic E-state index is -4.38. The number of nitrogens with one attached hydrogen (secondary N) is 1. The summed E-state index contributed by atoms with van der Waals surface area (Å²) in [6, 6.07) is 9.40. The molecule has 0 radical (unpaired) electrons. The van der Waals surface area contributed by atoms with Crippen LogP contribution in [0, 0.1) is 0 Å². The fraction of sp³-hybridized carbons (Fsp3) is 0.250. The van der Waals surface area contributed by atoms with Crippen LogP contribution in [0.4, 0.5) is 18.3 Å². The topological polar surface area (TPSA) is 24.9 Å². The monoisotopic (exact) mass is 272 g/mol. The molecule has 2 aromatic rings. The van der Waals surface area contributed by atoms with Crippen molar-refractivity contribution < 1.29 is 13.2 Å². The molecule has 2 nitrogen and oxygen atoms in total. The van der Waals surface area contributed by atoms with Gasteiger partial charge < -0.3 is 5.32 Å². The van der Waals surface area contributed by atoms with Gasteiger partial charge in [-0.3, -0.25) is 0 Å². The van der Waals surface area contributed by atoms with Crippen LogP contribution in [0.3, 0.4) is 0 Å². The second-order valence-corrected chi connectivity index (χ2v) is 4.67. The predicted molar refractivity (Wildman–Crippen MR) is 65.6 cm³/mol. The molecule has 2 rings (SSSR count). The zero-order valence-corrected chi connectivity index (χ0v) is 10.3. The van der Waals surface area contributed by atoms with Crippen molar-refractivity contribution in [2.24, 2.45) is 0 Å². The SMILES string of the molecule is CC(Nc1nc(C(F)(F)F)cs1)c1ccccc1. The maximum Gasteiger partial charge on any atom is 0.434 e. The van der Waals surface area contributed by atoms with Crippen molar-refractivity contribution in [1.29, 1.82) is 0 Å². The van der Waals surface area contributed by atoms with Crippen molar-refractivity contribution in [1.82, 2.24) is 4.98 Å². The molecule has 0 spiro atoms. The smallest absolute Gasteiger partial charge is 0.355 e. The first-order valence-electron chi connectivity index (χ1n) is 5.31. The number of alkyl halides is 3. The molecule has 0 aliphatic heterocycles. The summed E-state index contributed by atoms with van der Waals surface area (Å²) in [6.45, 7) is 1.88. The van der Waals surface area contributed by atoms with Gasteiger partial charge in [-0.15, -0.1) is 11.3 Å². The summed E-state index contributed by atoms with van der Waals surface area (Å²) in [5, 5.41) is 4.25. The molecule has 6 heteroatoms. The molecule has 1 N–H and O–H groups in total. The van der Waals surface area contributed by atoms with E-state index in [0.717, 1.165) is 22.3 Å². The van der Waals surface area contributed by atoms with E-state index in [4.69, 9.17) is 0 Å². The third kappa shape index (κ3) is 3.01. The number of halogens is 3. The maximum atomic E-state index is 12.4. The summed E-state index contributed by atoms with van der Waals surface area (Å²) in [6.07, 6.45) is -4.38. The molecule has 0 aliphatic carbocycles. The normalized spacial score (nSPS) is 13.3. The highest BCUT2D eigenvalue weighted by Gasteiger charge is 2.33. The van der Waals surface area contributed by atoms with Crippen molar-refractivity contribution >= 4 is 16.5 Å². The van der Waals surface area contributed by atoms with Crippen LogP contribution in [0.5, 0.6) is 0 Å². The van der Waals surface area contributed by atoms with E-state index in [0.29, 0.717) is 0 Å². The van der Waals surface area contributed by atoms with E-state index in [9.17, 15) is 13.2 Å². The van der Waals surface area contributed by atoms with E-state index >= 15 is 0 Å². The Balaban J connectivity index is 2.08. The molecule has 1 aromatic heterocycles. The van der Waals surface area contributed by atoms with Gasteiger partial charge in [-0.25, -0.2) is 4.98 Å². The third-order valence-corrected chi connectivity index (χ3v) is 3.21. The molecule has 0 saturated heterocycles. The van der Waals surface area contributed by atoms with E-state index in [2.05, 4.69) is 10.3 Å². The van der Waals surface area contributed by atoms with Crippen molar-refractivity contribution in [3.63, 3.8) is 0 Å². The summed E-state index contributed by atoms with van der Waals surface area (Å²) < 4.78 is 37.1. The highest BCUT2D eigenvalue weighted by atomic mass is 32.1. The number of benzene rings is 1. The summed E-state index contributed by atoms with van der Waals surface area (Å²) in [4.78, 5) is 3.53. The van der Waals surface area contributed by atoms with E-state index in [1.54, 1.807) is 0 Å². The van der Waals surface area contributed by atoms with Gasteiger partial charge in [0.25, 0.3) is 0 Å². The Kier molecular flexibility index (Phi) is 3.56. The second kappa shape index (κ2) is 4.97. The Morgan fingerprint density at radius 3 is 2.44 bits per heavy atom. The zero-order valence-electron chi connectivity index (χ0n) is 9.53. The van der Waals surface area contributed by atoms with Crippen molar-refractivity contribution in [3.8, 4) is 0 Å². The number of thiazole rings is 1. The van der Waals surface area contributed by atoms with E-state index < -0.39 is 11.9 Å². The molecule has 0 aliphatic rings. The maximum absolute atomic E-state index is 12.4. The highest BCUT2D eigenvalue weighted by Crippen LogP contribution is 2.32. The van der Waals surface area contributed by atoms with Gasteiger partial charge in [0.1, 0.15) is 0 Å². The predicted octanol–water partition coefficient (Wildman–Crippen LogP) is 4.34. The molecule has 1 heterocycles. The number of hydrogen-bond donors (Lipinski definition) is 1. The summed E-state index contributed by atoms with van der Waals surface area (Å²) in [5.74, 6) is 0. The first-order valence-corrected chi connectivity index (χ1v) is 6.19. The van der Waals surface area contributed by atoms with Crippen LogP contribution >= 0.6 is 11.3 Å². The van der Waals surface area contributed by atoms with Crippen molar-refractivity contribution in [3.05, 3.63) is 47.0 Å².